The summed E-state index contributed by atoms with van der Waals surface area (Å²) in [6.45, 7) is 0.368. The Morgan fingerprint density at radius 2 is 2.16 bits per heavy atom. The monoisotopic (exact) mass is 257 g/mol. The van der Waals surface area contributed by atoms with Crippen LogP contribution in [0.5, 0.6) is 11.5 Å². The van der Waals surface area contributed by atoms with Gasteiger partial charge in [0.2, 0.25) is 0 Å². The van der Waals surface area contributed by atoms with Crippen LogP contribution in [0.2, 0.25) is 0 Å². The summed E-state index contributed by atoms with van der Waals surface area (Å²) in [6, 6.07) is 4.84. The van der Waals surface area contributed by atoms with Crippen molar-refractivity contribution in [1.29, 1.82) is 0 Å². The Hall–Kier alpha value is -2.83. The molecule has 4 N–H and O–H groups in total. The van der Waals surface area contributed by atoms with E-state index in [0.29, 0.717) is 29.7 Å². The van der Waals surface area contributed by atoms with E-state index in [1.807, 2.05) is 0 Å². The number of fused-ring (bicyclic) bond motifs is 1. The van der Waals surface area contributed by atoms with Crippen LogP contribution in [0.4, 0.5) is 16.4 Å². The van der Waals surface area contributed by atoms with Crippen molar-refractivity contribution in [2.75, 3.05) is 11.1 Å². The predicted octanol–water partition coefficient (Wildman–Crippen LogP) is 1.49. The second-order valence-electron chi connectivity index (χ2n) is 3.96. The Morgan fingerprint density at radius 3 is 2.95 bits per heavy atom. The Bertz CT molecular complexity index is 627. The van der Waals surface area contributed by atoms with Gasteiger partial charge in [0.25, 0.3) is 0 Å². The molecular weight excluding hydrogens is 246 g/mol. The van der Waals surface area contributed by atoms with Crippen LogP contribution in [0.25, 0.3) is 0 Å². The summed E-state index contributed by atoms with van der Waals surface area (Å²) >= 11 is 0. The van der Waals surface area contributed by atoms with Crippen LogP contribution < -0.4 is 21.1 Å². The number of nitrogens with two attached hydrogens (primary N) is 1. The zero-order chi connectivity index (χ0) is 13.2. The maximum atomic E-state index is 11.2. The van der Waals surface area contributed by atoms with Crippen LogP contribution in [0.3, 0.4) is 0 Å². The Kier molecular flexibility index (Phi) is 2.64. The number of urea groups is 1. The molecule has 19 heavy (non-hydrogen) atoms. The number of ether oxygens (including phenoxy) is 1. The van der Waals surface area contributed by atoms with Gasteiger partial charge in [-0.05, 0) is 18.2 Å². The Balaban J connectivity index is 1.91. The third kappa shape index (κ3) is 2.25. The molecule has 0 atom stereocenters. The molecule has 0 saturated heterocycles. The van der Waals surface area contributed by atoms with E-state index in [9.17, 15) is 4.79 Å². The van der Waals surface area contributed by atoms with Gasteiger partial charge in [0.05, 0.1) is 18.3 Å². The number of nitrogens with one attached hydrogen (secondary N) is 2. The second kappa shape index (κ2) is 4.45. The van der Waals surface area contributed by atoms with Gasteiger partial charge in [0.1, 0.15) is 23.1 Å². The first-order valence-electron chi connectivity index (χ1n) is 5.64. The molecule has 0 saturated carbocycles. The van der Waals surface area contributed by atoms with Crippen molar-refractivity contribution in [2.24, 2.45) is 0 Å². The van der Waals surface area contributed by atoms with E-state index in [4.69, 9.17) is 10.5 Å². The normalized spacial score (nSPS) is 13.2. The van der Waals surface area contributed by atoms with E-state index >= 15 is 0 Å². The molecule has 3 heterocycles. The number of pyridine rings is 2. The number of hydrogen-bond donors (Lipinski definition) is 3. The molecule has 3 rings (SSSR count). The maximum absolute atomic E-state index is 11.2. The van der Waals surface area contributed by atoms with Gasteiger partial charge in [0.15, 0.2) is 0 Å². The average molecular weight is 257 g/mol. The van der Waals surface area contributed by atoms with Crippen molar-refractivity contribution < 1.29 is 9.53 Å². The van der Waals surface area contributed by atoms with E-state index in [0.717, 1.165) is 5.56 Å². The minimum atomic E-state index is -0.272. The lowest BCUT2D eigenvalue weighted by atomic mass is 10.2. The molecule has 96 valence electrons. The van der Waals surface area contributed by atoms with Crippen LogP contribution in [0.1, 0.15) is 5.56 Å². The largest absolute Gasteiger partial charge is 0.455 e. The van der Waals surface area contributed by atoms with Crippen molar-refractivity contribution in [3.63, 3.8) is 0 Å². The summed E-state index contributed by atoms with van der Waals surface area (Å²) in [5.74, 6) is 2.12. The van der Waals surface area contributed by atoms with Gasteiger partial charge in [-0.15, -0.1) is 0 Å². The summed E-state index contributed by atoms with van der Waals surface area (Å²) in [5.41, 5.74) is 6.30. The summed E-state index contributed by atoms with van der Waals surface area (Å²) in [5, 5.41) is 5.29. The van der Waals surface area contributed by atoms with Crippen molar-refractivity contribution in [3.05, 3.63) is 36.2 Å². The number of anilines is 2. The molecule has 2 amide bonds. The lowest BCUT2D eigenvalue weighted by molar-refractivity contribution is 0.250. The zero-order valence-electron chi connectivity index (χ0n) is 9.88. The topological polar surface area (TPSA) is 102 Å². The summed E-state index contributed by atoms with van der Waals surface area (Å²) < 4.78 is 5.72. The number of rotatable bonds is 2. The fourth-order valence-corrected chi connectivity index (χ4v) is 1.75. The van der Waals surface area contributed by atoms with Crippen LogP contribution in [-0.2, 0) is 6.54 Å². The highest BCUT2D eigenvalue weighted by Gasteiger charge is 2.19. The summed E-state index contributed by atoms with van der Waals surface area (Å²) in [6.07, 6.45) is 3.11. The Morgan fingerprint density at radius 1 is 1.26 bits per heavy atom. The van der Waals surface area contributed by atoms with Crippen LogP contribution in [-0.4, -0.2) is 16.0 Å². The molecule has 1 aliphatic rings. The molecule has 0 spiro atoms. The van der Waals surface area contributed by atoms with Crippen LogP contribution in [0, 0.1) is 0 Å². The minimum absolute atomic E-state index is 0.272. The van der Waals surface area contributed by atoms with Gasteiger partial charge >= 0.3 is 6.03 Å². The summed E-state index contributed by atoms with van der Waals surface area (Å²) in [4.78, 5) is 19.3. The molecule has 0 radical (unpaired) electrons. The molecule has 2 aromatic rings. The maximum Gasteiger partial charge on any atom is 0.320 e. The van der Waals surface area contributed by atoms with Gasteiger partial charge in [-0.2, -0.15) is 0 Å². The SMILES string of the molecule is Nc1ccc(Oc2ccnc3c2CNC(=O)N3)cn1. The molecule has 0 aromatic carbocycles. The number of nitrogens with zero attached hydrogens (tertiary/aromatic N) is 2. The van der Waals surface area contributed by atoms with Crippen LogP contribution >= 0.6 is 0 Å². The van der Waals surface area contributed by atoms with Gasteiger partial charge < -0.3 is 15.8 Å². The fraction of sp³-hybridized carbons (Fsp3) is 0.0833. The van der Waals surface area contributed by atoms with E-state index < -0.39 is 0 Å². The van der Waals surface area contributed by atoms with Gasteiger partial charge in [-0.3, -0.25) is 5.32 Å². The van der Waals surface area contributed by atoms with Gasteiger partial charge in [0, 0.05) is 6.20 Å². The predicted molar refractivity (Wildman–Crippen MR) is 68.8 cm³/mol. The standard InChI is InChI=1S/C12H11N5O2/c13-10-2-1-7(5-15-10)19-9-3-4-14-11-8(9)6-16-12(18)17-11/h1-5H,6H2,(H2,13,15)(H2,14,16,17,18). The van der Waals surface area contributed by atoms with E-state index in [1.54, 1.807) is 24.4 Å². The molecule has 1 aliphatic heterocycles. The highest BCUT2D eigenvalue weighted by atomic mass is 16.5. The molecule has 0 fully saturated rings. The molecule has 7 nitrogen and oxygen atoms in total. The summed E-state index contributed by atoms with van der Waals surface area (Å²) in [7, 11) is 0. The number of amides is 2. The zero-order valence-corrected chi connectivity index (χ0v) is 9.88. The first kappa shape index (κ1) is 11.3. The highest BCUT2D eigenvalue weighted by Crippen LogP contribution is 2.30. The minimum Gasteiger partial charge on any atom is -0.455 e. The van der Waals surface area contributed by atoms with Crippen molar-refractivity contribution in [1.82, 2.24) is 15.3 Å². The smallest absolute Gasteiger partial charge is 0.320 e. The van der Waals surface area contributed by atoms with Crippen molar-refractivity contribution in [3.8, 4) is 11.5 Å². The number of nitrogen functional groups attached to an aromatic ring is 1. The molecule has 0 aliphatic carbocycles. The first-order valence-corrected chi connectivity index (χ1v) is 5.64. The third-order valence-corrected chi connectivity index (χ3v) is 2.66. The van der Waals surface area contributed by atoms with Gasteiger partial charge in [-0.1, -0.05) is 0 Å². The lowest BCUT2D eigenvalue weighted by Gasteiger charge is -2.19. The molecular formula is C12H11N5O2. The third-order valence-electron chi connectivity index (χ3n) is 2.66. The number of carbonyl (C=O) groups excluding carboxylic acids is 1. The number of hydrogen-bond acceptors (Lipinski definition) is 5. The fourth-order valence-electron chi connectivity index (χ4n) is 1.75. The first-order chi connectivity index (χ1) is 9.22. The molecule has 0 unspecified atom stereocenters. The molecule has 0 bridgehead atoms. The Labute approximate surface area is 108 Å². The quantitative estimate of drug-likeness (QED) is 0.756. The lowest BCUT2D eigenvalue weighted by Crippen LogP contribution is -2.34. The average Bonchev–Trinajstić information content (AvgIpc) is 2.41. The molecule has 2 aromatic heterocycles. The van der Waals surface area contributed by atoms with E-state index in [2.05, 4.69) is 20.6 Å². The number of carbonyl (C=O) groups is 1. The second-order valence-corrected chi connectivity index (χ2v) is 3.96. The highest BCUT2D eigenvalue weighted by molar-refractivity contribution is 5.91. The van der Waals surface area contributed by atoms with Crippen molar-refractivity contribution >= 4 is 17.7 Å². The number of aromatic nitrogens is 2. The van der Waals surface area contributed by atoms with Crippen molar-refractivity contribution in [2.45, 2.75) is 6.54 Å². The molecule has 7 heteroatoms. The van der Waals surface area contributed by atoms with E-state index in [-0.39, 0.29) is 6.03 Å². The van der Waals surface area contributed by atoms with Gasteiger partial charge in [-0.25, -0.2) is 14.8 Å². The van der Waals surface area contributed by atoms with Crippen LogP contribution in [0.15, 0.2) is 30.6 Å². The van der Waals surface area contributed by atoms with E-state index in [1.165, 1.54) is 6.20 Å².